The maximum absolute atomic E-state index is 12.5. The molecule has 1 aliphatic carbocycles. The van der Waals surface area contributed by atoms with Gasteiger partial charge in [-0.1, -0.05) is 0 Å². The van der Waals surface area contributed by atoms with E-state index >= 15 is 0 Å². The van der Waals surface area contributed by atoms with E-state index in [9.17, 15) is 14.4 Å². The monoisotopic (exact) mass is 308 g/mol. The number of carbonyl (C=O) groups excluding carboxylic acids is 1. The van der Waals surface area contributed by atoms with Crippen LogP contribution in [0.2, 0.25) is 0 Å². The second-order valence-corrected chi connectivity index (χ2v) is 6.72. The predicted molar refractivity (Wildman–Crippen MR) is 79.8 cm³/mol. The van der Waals surface area contributed by atoms with Gasteiger partial charge in [-0.3, -0.25) is 19.1 Å². The van der Waals surface area contributed by atoms with Gasteiger partial charge < -0.3 is 4.74 Å². The maximum atomic E-state index is 12.5. The van der Waals surface area contributed by atoms with Gasteiger partial charge in [-0.15, -0.1) is 11.3 Å². The molecular weight excluding hydrogens is 292 g/mol. The highest BCUT2D eigenvalue weighted by Crippen LogP contribution is 2.48. The Morgan fingerprint density at radius 1 is 1.48 bits per heavy atom. The molecule has 0 aromatic carbocycles. The van der Waals surface area contributed by atoms with E-state index in [1.54, 1.807) is 6.92 Å². The first-order chi connectivity index (χ1) is 9.87. The highest BCUT2D eigenvalue weighted by atomic mass is 32.1. The Kier molecular flexibility index (Phi) is 3.05. The van der Waals surface area contributed by atoms with Crippen molar-refractivity contribution in [2.24, 2.45) is 5.41 Å². The smallest absolute Gasteiger partial charge is 0.329 e. The van der Waals surface area contributed by atoms with Crippen molar-refractivity contribution in [1.29, 1.82) is 0 Å². The molecule has 0 unspecified atom stereocenters. The van der Waals surface area contributed by atoms with Crippen LogP contribution in [0, 0.1) is 12.3 Å². The fourth-order valence-electron chi connectivity index (χ4n) is 3.08. The lowest BCUT2D eigenvalue weighted by Gasteiger charge is -2.42. The molecule has 1 saturated carbocycles. The van der Waals surface area contributed by atoms with Crippen molar-refractivity contribution in [3.05, 3.63) is 31.8 Å². The molecule has 0 atom stereocenters. The number of H-pyrrole nitrogens is 1. The molecule has 21 heavy (non-hydrogen) atoms. The number of esters is 1. The summed E-state index contributed by atoms with van der Waals surface area (Å²) in [6.07, 6.45) is 0.884. The van der Waals surface area contributed by atoms with Crippen LogP contribution in [0.25, 0.3) is 10.2 Å². The van der Waals surface area contributed by atoms with Gasteiger partial charge in [-0.05, 0) is 37.6 Å². The fraction of sp³-hybridized carbons (Fsp3) is 0.500. The van der Waals surface area contributed by atoms with E-state index in [1.165, 1.54) is 23.0 Å². The molecule has 1 aliphatic rings. The number of aromatic nitrogens is 2. The molecular formula is C14H16N2O4S. The number of hydrogen-bond donors (Lipinski definition) is 1. The number of aromatic amines is 1. The van der Waals surface area contributed by atoms with Crippen molar-refractivity contribution >= 4 is 27.5 Å². The van der Waals surface area contributed by atoms with E-state index < -0.39 is 11.1 Å². The summed E-state index contributed by atoms with van der Waals surface area (Å²) in [5.41, 5.74) is -0.431. The molecule has 0 radical (unpaired) electrons. The average Bonchev–Trinajstić information content (AvgIpc) is 2.76. The first kappa shape index (κ1) is 14.1. The molecule has 2 heterocycles. The SMILES string of the molecule is COC(=O)C1(C)CC(n2c(=O)[nH]c3scc(C)c3c2=O)C1. The minimum absolute atomic E-state index is 0.256. The van der Waals surface area contributed by atoms with Crippen LogP contribution in [-0.2, 0) is 9.53 Å². The predicted octanol–water partition coefficient (Wildman–Crippen LogP) is 1.57. The Labute approximate surface area is 124 Å². The van der Waals surface area contributed by atoms with E-state index in [4.69, 9.17) is 4.74 Å². The van der Waals surface area contributed by atoms with Gasteiger partial charge in [0.05, 0.1) is 17.9 Å². The molecule has 0 bridgehead atoms. The summed E-state index contributed by atoms with van der Waals surface area (Å²) < 4.78 is 6.01. The van der Waals surface area contributed by atoms with Gasteiger partial charge in [-0.25, -0.2) is 4.79 Å². The number of rotatable bonds is 2. The summed E-state index contributed by atoms with van der Waals surface area (Å²) >= 11 is 1.35. The first-order valence-electron chi connectivity index (χ1n) is 6.68. The fourth-order valence-corrected chi connectivity index (χ4v) is 4.00. The number of carbonyl (C=O) groups is 1. The zero-order valence-electron chi connectivity index (χ0n) is 12.1. The number of hydrogen-bond acceptors (Lipinski definition) is 5. The second-order valence-electron chi connectivity index (χ2n) is 5.84. The number of ether oxygens (including phenoxy) is 1. The third-order valence-corrected chi connectivity index (χ3v) is 5.28. The van der Waals surface area contributed by atoms with Gasteiger partial charge >= 0.3 is 11.7 Å². The van der Waals surface area contributed by atoms with Crippen molar-refractivity contribution in [1.82, 2.24) is 9.55 Å². The molecule has 6 nitrogen and oxygen atoms in total. The lowest BCUT2D eigenvalue weighted by molar-refractivity contribution is -0.159. The van der Waals surface area contributed by atoms with Crippen molar-refractivity contribution in [3.8, 4) is 0 Å². The van der Waals surface area contributed by atoms with Crippen LogP contribution in [0.4, 0.5) is 0 Å². The minimum atomic E-state index is -0.607. The molecule has 1 fully saturated rings. The van der Waals surface area contributed by atoms with Crippen LogP contribution in [-0.4, -0.2) is 22.6 Å². The van der Waals surface area contributed by atoms with E-state index in [0.29, 0.717) is 23.1 Å². The van der Waals surface area contributed by atoms with Crippen molar-refractivity contribution < 1.29 is 9.53 Å². The first-order valence-corrected chi connectivity index (χ1v) is 7.56. The van der Waals surface area contributed by atoms with Crippen LogP contribution < -0.4 is 11.2 Å². The van der Waals surface area contributed by atoms with Crippen molar-refractivity contribution in [2.75, 3.05) is 7.11 Å². The second kappa shape index (κ2) is 4.56. The zero-order chi connectivity index (χ0) is 15.4. The van der Waals surface area contributed by atoms with Crippen LogP contribution in [0.15, 0.2) is 15.0 Å². The van der Waals surface area contributed by atoms with Crippen LogP contribution in [0.1, 0.15) is 31.4 Å². The van der Waals surface area contributed by atoms with Crippen LogP contribution in [0.3, 0.4) is 0 Å². The van der Waals surface area contributed by atoms with E-state index in [0.717, 1.165) is 5.56 Å². The quantitative estimate of drug-likeness (QED) is 0.854. The number of aryl methyl sites for hydroxylation is 1. The molecule has 112 valence electrons. The zero-order valence-corrected chi connectivity index (χ0v) is 12.9. The number of nitrogens with zero attached hydrogens (tertiary/aromatic N) is 1. The van der Waals surface area contributed by atoms with Crippen molar-refractivity contribution in [2.45, 2.75) is 32.7 Å². The lowest BCUT2D eigenvalue weighted by atomic mass is 9.66. The molecule has 0 saturated heterocycles. The van der Waals surface area contributed by atoms with E-state index in [2.05, 4.69) is 4.98 Å². The normalized spacial score (nSPS) is 24.8. The molecule has 0 spiro atoms. The Morgan fingerprint density at radius 2 is 2.14 bits per heavy atom. The summed E-state index contributed by atoms with van der Waals surface area (Å²) in [6.45, 7) is 3.64. The van der Waals surface area contributed by atoms with Gasteiger partial charge in [0.2, 0.25) is 0 Å². The summed E-state index contributed by atoms with van der Waals surface area (Å²) in [6, 6.07) is -0.256. The molecule has 1 N–H and O–H groups in total. The topological polar surface area (TPSA) is 81.2 Å². The minimum Gasteiger partial charge on any atom is -0.469 e. The summed E-state index contributed by atoms with van der Waals surface area (Å²) in [5, 5.41) is 2.41. The van der Waals surface area contributed by atoms with Crippen LogP contribution in [0.5, 0.6) is 0 Å². The number of fused-ring (bicyclic) bond motifs is 1. The number of thiophene rings is 1. The van der Waals surface area contributed by atoms with Crippen molar-refractivity contribution in [3.63, 3.8) is 0 Å². The lowest BCUT2D eigenvalue weighted by Crippen LogP contribution is -2.49. The maximum Gasteiger partial charge on any atom is 0.329 e. The third-order valence-electron chi connectivity index (χ3n) is 4.26. The standard InChI is InChI=1S/C14H16N2O4S/c1-7-6-21-10-9(7)11(17)16(13(19)15-10)8-4-14(2,5-8)12(18)20-3/h6,8H,4-5H2,1-3H3,(H,15,19). The molecule has 3 rings (SSSR count). The molecule has 0 aliphatic heterocycles. The molecule has 2 aromatic rings. The number of methoxy groups -OCH3 is 1. The number of nitrogens with one attached hydrogen (secondary N) is 1. The van der Waals surface area contributed by atoms with Crippen LogP contribution >= 0.6 is 11.3 Å². The average molecular weight is 308 g/mol. The van der Waals surface area contributed by atoms with E-state index in [1.807, 2.05) is 12.3 Å². The Bertz CT molecular complexity index is 839. The van der Waals surface area contributed by atoms with Gasteiger partial charge in [0.25, 0.3) is 5.56 Å². The van der Waals surface area contributed by atoms with Gasteiger partial charge in [0.1, 0.15) is 4.83 Å². The molecule has 0 amide bonds. The summed E-state index contributed by atoms with van der Waals surface area (Å²) in [4.78, 5) is 39.7. The Hall–Kier alpha value is -1.89. The third kappa shape index (κ3) is 1.95. The largest absolute Gasteiger partial charge is 0.469 e. The summed E-state index contributed by atoms with van der Waals surface area (Å²) in [5.74, 6) is -0.295. The summed E-state index contributed by atoms with van der Waals surface area (Å²) in [7, 11) is 1.35. The molecule has 7 heteroatoms. The highest BCUT2D eigenvalue weighted by molar-refractivity contribution is 7.16. The highest BCUT2D eigenvalue weighted by Gasteiger charge is 2.49. The van der Waals surface area contributed by atoms with Gasteiger partial charge in [0, 0.05) is 6.04 Å². The Balaban J connectivity index is 2.04. The van der Waals surface area contributed by atoms with Gasteiger partial charge in [-0.2, -0.15) is 0 Å². The molecule has 2 aromatic heterocycles. The Morgan fingerprint density at radius 3 is 2.76 bits per heavy atom. The van der Waals surface area contributed by atoms with E-state index in [-0.39, 0.29) is 17.6 Å². The van der Waals surface area contributed by atoms with Gasteiger partial charge in [0.15, 0.2) is 0 Å².